The number of halogens is 1. The Morgan fingerprint density at radius 3 is 2.35 bits per heavy atom. The molecule has 0 radical (unpaired) electrons. The van der Waals surface area contributed by atoms with Crippen LogP contribution in [-0.2, 0) is 6.54 Å². The summed E-state index contributed by atoms with van der Waals surface area (Å²) in [5.74, 6) is -0.680. The number of aromatic nitrogens is 3. The highest BCUT2D eigenvalue weighted by Gasteiger charge is 2.27. The van der Waals surface area contributed by atoms with E-state index in [1.54, 1.807) is 18.3 Å². The van der Waals surface area contributed by atoms with Gasteiger partial charge in [0.25, 0.3) is 11.8 Å². The zero-order valence-corrected chi connectivity index (χ0v) is 29.6. The van der Waals surface area contributed by atoms with Gasteiger partial charge in [0.2, 0.25) is 5.88 Å². The SMILES string of the molecule is Cc1cccc2nc(C(=O)NC3CCC(NC(=O)c4cc(F)cnc4Oc4cccc(-c5ccc(O)c(CN6C[C@@H](C)N[C@@H](C)C6)c5)c4)CC3)cn12. The predicted octanol–water partition coefficient (Wildman–Crippen LogP) is 5.99. The first kappa shape index (κ1) is 35.1. The summed E-state index contributed by atoms with van der Waals surface area (Å²) in [5, 5.41) is 20.3. The van der Waals surface area contributed by atoms with Crippen molar-refractivity contribution in [3.63, 3.8) is 0 Å². The van der Waals surface area contributed by atoms with Gasteiger partial charge < -0.3 is 30.2 Å². The van der Waals surface area contributed by atoms with E-state index in [0.29, 0.717) is 55.8 Å². The van der Waals surface area contributed by atoms with Crippen molar-refractivity contribution in [2.24, 2.45) is 0 Å². The second-order valence-electron chi connectivity index (χ2n) is 14.2. The number of rotatable bonds is 9. The third kappa shape index (κ3) is 8.08. The summed E-state index contributed by atoms with van der Waals surface area (Å²) in [6.07, 6.45) is 5.40. The van der Waals surface area contributed by atoms with Gasteiger partial charge in [-0.15, -0.1) is 0 Å². The maximum absolute atomic E-state index is 14.4. The quantitative estimate of drug-likeness (QED) is 0.147. The van der Waals surface area contributed by atoms with Crippen molar-refractivity contribution in [1.29, 1.82) is 0 Å². The number of nitrogens with one attached hydrogen (secondary N) is 3. The molecule has 1 aliphatic carbocycles. The maximum atomic E-state index is 14.4. The summed E-state index contributed by atoms with van der Waals surface area (Å²) in [4.78, 5) is 37.4. The first-order valence-electron chi connectivity index (χ1n) is 17.9. The Morgan fingerprint density at radius 2 is 1.62 bits per heavy atom. The van der Waals surface area contributed by atoms with Gasteiger partial charge in [0.15, 0.2) is 0 Å². The van der Waals surface area contributed by atoms with Gasteiger partial charge in [-0.1, -0.05) is 24.3 Å². The van der Waals surface area contributed by atoms with Crippen LogP contribution in [0.1, 0.15) is 71.6 Å². The number of ether oxygens (including phenoxy) is 1. The highest BCUT2D eigenvalue weighted by Crippen LogP contribution is 2.32. The van der Waals surface area contributed by atoms with Crippen molar-refractivity contribution < 1.29 is 23.8 Å². The van der Waals surface area contributed by atoms with Gasteiger partial charge in [0.05, 0.1) is 6.20 Å². The van der Waals surface area contributed by atoms with E-state index in [1.807, 2.05) is 59.9 Å². The molecule has 5 aromatic rings. The summed E-state index contributed by atoms with van der Waals surface area (Å²) < 4.78 is 22.4. The number of phenolic OH excluding ortho intramolecular Hbond substituents is 1. The molecule has 3 aromatic heterocycles. The van der Waals surface area contributed by atoms with Gasteiger partial charge in [-0.25, -0.2) is 14.4 Å². The van der Waals surface area contributed by atoms with E-state index < -0.39 is 11.7 Å². The van der Waals surface area contributed by atoms with Crippen molar-refractivity contribution in [2.45, 2.75) is 77.2 Å². The molecule has 4 N–H and O–H groups in total. The average molecular weight is 706 g/mol. The van der Waals surface area contributed by atoms with Crippen molar-refractivity contribution in [1.82, 2.24) is 35.2 Å². The van der Waals surface area contributed by atoms with E-state index >= 15 is 0 Å². The lowest BCUT2D eigenvalue weighted by Gasteiger charge is -2.36. The molecule has 2 aliphatic rings. The molecular formula is C40H44FN7O4. The molecule has 1 saturated heterocycles. The number of carbonyl (C=O) groups is 2. The lowest BCUT2D eigenvalue weighted by atomic mass is 9.91. The highest BCUT2D eigenvalue weighted by molar-refractivity contribution is 5.96. The lowest BCUT2D eigenvalue weighted by molar-refractivity contribution is 0.0888. The molecule has 4 heterocycles. The zero-order chi connectivity index (χ0) is 36.4. The molecule has 0 unspecified atom stereocenters. The van der Waals surface area contributed by atoms with E-state index in [2.05, 4.69) is 44.7 Å². The number of hydrogen-bond acceptors (Lipinski definition) is 8. The minimum Gasteiger partial charge on any atom is -0.508 e. The minimum absolute atomic E-state index is 0.00521. The Morgan fingerprint density at radius 1 is 0.923 bits per heavy atom. The van der Waals surface area contributed by atoms with Gasteiger partial charge in [0.1, 0.15) is 34.2 Å². The molecule has 12 heteroatoms. The Kier molecular flexibility index (Phi) is 10.2. The fourth-order valence-corrected chi connectivity index (χ4v) is 7.39. The van der Waals surface area contributed by atoms with Crippen LogP contribution < -0.4 is 20.7 Å². The van der Waals surface area contributed by atoms with Crippen LogP contribution in [0.15, 0.2) is 79.1 Å². The van der Waals surface area contributed by atoms with Gasteiger partial charge >= 0.3 is 0 Å². The third-order valence-corrected chi connectivity index (χ3v) is 9.88. The molecule has 0 bridgehead atoms. The van der Waals surface area contributed by atoms with Crippen LogP contribution in [0.25, 0.3) is 16.8 Å². The zero-order valence-electron chi connectivity index (χ0n) is 29.6. The monoisotopic (exact) mass is 705 g/mol. The van der Waals surface area contributed by atoms with Crippen molar-refractivity contribution in [3.05, 3.63) is 107 Å². The number of piperazine rings is 1. The molecule has 2 amide bonds. The van der Waals surface area contributed by atoms with E-state index in [1.165, 1.54) is 0 Å². The molecule has 11 nitrogen and oxygen atoms in total. The van der Waals surface area contributed by atoms with Crippen LogP contribution in [0.3, 0.4) is 0 Å². The second kappa shape index (κ2) is 15.1. The normalized spacial score (nSPS) is 20.8. The molecule has 52 heavy (non-hydrogen) atoms. The first-order valence-corrected chi connectivity index (χ1v) is 17.9. The van der Waals surface area contributed by atoms with Gasteiger partial charge in [-0.05, 0) is 100 Å². The van der Waals surface area contributed by atoms with Crippen molar-refractivity contribution in [2.75, 3.05) is 13.1 Å². The maximum Gasteiger partial charge on any atom is 0.271 e. The predicted molar refractivity (Wildman–Crippen MR) is 196 cm³/mol. The number of phenols is 1. The van der Waals surface area contributed by atoms with E-state index in [4.69, 9.17) is 4.74 Å². The van der Waals surface area contributed by atoms with Crippen LogP contribution >= 0.6 is 0 Å². The van der Waals surface area contributed by atoms with E-state index in [-0.39, 0.29) is 35.2 Å². The van der Waals surface area contributed by atoms with Crippen LogP contribution in [-0.4, -0.2) is 73.4 Å². The van der Waals surface area contributed by atoms with Gasteiger partial charge in [-0.3, -0.25) is 14.5 Å². The first-order chi connectivity index (χ1) is 25.1. The number of aryl methyl sites for hydroxylation is 1. The number of benzene rings is 2. The molecule has 2 fully saturated rings. The second-order valence-corrected chi connectivity index (χ2v) is 14.2. The Balaban J connectivity index is 0.980. The lowest BCUT2D eigenvalue weighted by Crippen LogP contribution is -2.53. The molecule has 7 rings (SSSR count). The number of amides is 2. The van der Waals surface area contributed by atoms with Crippen LogP contribution in [0, 0.1) is 12.7 Å². The molecule has 1 aliphatic heterocycles. The number of fused-ring (bicyclic) bond motifs is 1. The van der Waals surface area contributed by atoms with Crippen molar-refractivity contribution in [3.8, 4) is 28.5 Å². The fraction of sp³-hybridized carbons (Fsp3) is 0.350. The standard InChI is InChI=1S/C40H44FN7O4/c1-24-20-47(21-25(2)43-24)22-29-16-28(10-15-36(29)49)27-7-5-8-33(17-27)52-40-34(18-30(41)19-42-40)38(50)44-31-11-13-32(14-12-31)45-39(51)35-23-48-26(3)6-4-9-37(48)46-35/h4-10,15-19,23-25,31-32,43,49H,11-14,20-22H2,1-3H3,(H,44,50)(H,45,51)/t24-,25+,31?,32?. The van der Waals surface area contributed by atoms with Gasteiger partial charge in [-0.2, -0.15) is 0 Å². The van der Waals surface area contributed by atoms with Gasteiger partial charge in [0, 0.05) is 61.3 Å². The van der Waals surface area contributed by atoms with Crippen molar-refractivity contribution >= 4 is 17.5 Å². The minimum atomic E-state index is -0.648. The topological polar surface area (TPSA) is 133 Å². The number of carbonyl (C=O) groups excluding carboxylic acids is 2. The summed E-state index contributed by atoms with van der Waals surface area (Å²) >= 11 is 0. The third-order valence-electron chi connectivity index (χ3n) is 9.88. The number of hydrogen-bond donors (Lipinski definition) is 4. The number of nitrogens with zero attached hydrogens (tertiary/aromatic N) is 4. The summed E-state index contributed by atoms with van der Waals surface area (Å²) in [6.45, 7) is 8.70. The van der Waals surface area contributed by atoms with E-state index in [9.17, 15) is 19.1 Å². The van der Waals surface area contributed by atoms with E-state index in [0.717, 1.165) is 53.4 Å². The number of aromatic hydroxyl groups is 1. The highest BCUT2D eigenvalue weighted by atomic mass is 19.1. The Bertz CT molecular complexity index is 2080. The fourth-order valence-electron chi connectivity index (χ4n) is 7.39. The van der Waals surface area contributed by atoms with Crippen LogP contribution in [0.5, 0.6) is 17.4 Å². The summed E-state index contributed by atoms with van der Waals surface area (Å²) in [6, 6.07) is 20.3. The molecular weight excluding hydrogens is 661 g/mol. The largest absolute Gasteiger partial charge is 0.508 e. The molecule has 2 atom stereocenters. The average Bonchev–Trinajstić information content (AvgIpc) is 3.57. The number of imidazole rings is 1. The molecule has 0 spiro atoms. The molecule has 1 saturated carbocycles. The van der Waals surface area contributed by atoms with Crippen LogP contribution in [0.4, 0.5) is 4.39 Å². The molecule has 2 aromatic carbocycles. The number of pyridine rings is 2. The Labute approximate surface area is 302 Å². The Hall–Kier alpha value is -5.33. The summed E-state index contributed by atoms with van der Waals surface area (Å²) in [7, 11) is 0. The van der Waals surface area contributed by atoms with Crippen LogP contribution in [0.2, 0.25) is 0 Å². The molecule has 270 valence electrons. The smallest absolute Gasteiger partial charge is 0.271 e. The summed E-state index contributed by atoms with van der Waals surface area (Å²) in [5.41, 5.74) is 4.66.